The fraction of sp³-hybridized carbons (Fsp3) is 0.130. The maximum absolute atomic E-state index is 13.1. The predicted molar refractivity (Wildman–Crippen MR) is 131 cm³/mol. The molecule has 0 aliphatic rings. The SMILES string of the molecule is Cc1ccc(-c2cnc3c(Nc4nccs4)cc(C(=O)NCc4ccn(C)c(=O)c4)cn23)s1. The number of carbonyl (C=O) groups excluding carboxylic acids is 1. The van der Waals surface area contributed by atoms with E-state index in [1.54, 1.807) is 43.0 Å². The van der Waals surface area contributed by atoms with Gasteiger partial charge in [-0.25, -0.2) is 9.97 Å². The number of nitrogens with one attached hydrogen (secondary N) is 2. The van der Waals surface area contributed by atoms with Gasteiger partial charge in [0, 0.05) is 48.5 Å². The standard InChI is InChI=1S/C23H20N6O2S2/c1-14-3-4-19(33-14)18-12-25-21-17(27-23-24-6-8-32-23)10-16(13-29(18)21)22(31)26-11-15-5-7-28(2)20(30)9-15/h3-10,12-13H,11H2,1-2H3,(H,24,27)(H,26,31). The zero-order valence-electron chi connectivity index (χ0n) is 17.9. The number of pyridine rings is 2. The highest BCUT2D eigenvalue weighted by Gasteiger charge is 2.16. The average molecular weight is 477 g/mol. The largest absolute Gasteiger partial charge is 0.348 e. The molecule has 0 unspecified atom stereocenters. The number of thiazole rings is 1. The van der Waals surface area contributed by atoms with Gasteiger partial charge in [-0.2, -0.15) is 0 Å². The van der Waals surface area contributed by atoms with Crippen molar-refractivity contribution in [2.45, 2.75) is 13.5 Å². The van der Waals surface area contributed by atoms with Gasteiger partial charge in [0.2, 0.25) is 0 Å². The van der Waals surface area contributed by atoms with Crippen LogP contribution in [-0.4, -0.2) is 24.8 Å². The first-order valence-corrected chi connectivity index (χ1v) is 11.9. The zero-order chi connectivity index (χ0) is 22.9. The number of aromatic nitrogens is 4. The monoisotopic (exact) mass is 476 g/mol. The van der Waals surface area contributed by atoms with Crippen molar-refractivity contribution in [3.63, 3.8) is 0 Å². The molecule has 0 aliphatic heterocycles. The van der Waals surface area contributed by atoms with Gasteiger partial charge in [0.05, 0.1) is 28.0 Å². The Kier molecular flexibility index (Phi) is 5.53. The lowest BCUT2D eigenvalue weighted by Crippen LogP contribution is -2.25. The number of amides is 1. The lowest BCUT2D eigenvalue weighted by molar-refractivity contribution is 0.0950. The molecule has 10 heteroatoms. The van der Waals surface area contributed by atoms with Crippen molar-refractivity contribution in [1.82, 2.24) is 24.3 Å². The van der Waals surface area contributed by atoms with Crippen LogP contribution in [-0.2, 0) is 13.6 Å². The number of hydrogen-bond acceptors (Lipinski definition) is 7. The third-order valence-electron chi connectivity index (χ3n) is 5.16. The van der Waals surface area contributed by atoms with E-state index in [-0.39, 0.29) is 18.0 Å². The Morgan fingerprint density at radius 1 is 1.18 bits per heavy atom. The molecule has 0 fully saturated rings. The maximum Gasteiger partial charge on any atom is 0.253 e. The summed E-state index contributed by atoms with van der Waals surface area (Å²) in [6.45, 7) is 2.31. The molecule has 0 atom stereocenters. The number of thiophene rings is 1. The third kappa shape index (κ3) is 4.30. The third-order valence-corrected chi connectivity index (χ3v) is 6.87. The zero-order valence-corrected chi connectivity index (χ0v) is 19.5. The fourth-order valence-corrected chi connectivity index (χ4v) is 4.86. The second-order valence-electron chi connectivity index (χ2n) is 7.52. The molecule has 8 nitrogen and oxygen atoms in total. The van der Waals surface area contributed by atoms with Crippen molar-refractivity contribution in [3.8, 4) is 10.6 Å². The van der Waals surface area contributed by atoms with Crippen LogP contribution in [0.25, 0.3) is 16.2 Å². The molecule has 166 valence electrons. The van der Waals surface area contributed by atoms with Gasteiger partial charge < -0.3 is 15.2 Å². The molecule has 5 rings (SSSR count). The number of fused-ring (bicyclic) bond motifs is 1. The minimum atomic E-state index is -0.248. The van der Waals surface area contributed by atoms with Gasteiger partial charge in [0.1, 0.15) is 0 Å². The summed E-state index contributed by atoms with van der Waals surface area (Å²) in [4.78, 5) is 36.1. The first-order chi connectivity index (χ1) is 16.0. The topological polar surface area (TPSA) is 93.3 Å². The number of aryl methyl sites for hydroxylation is 2. The van der Waals surface area contributed by atoms with E-state index < -0.39 is 0 Å². The number of nitrogens with zero attached hydrogens (tertiary/aromatic N) is 4. The molecule has 0 spiro atoms. The number of anilines is 2. The molecule has 5 heterocycles. The molecular formula is C23H20N6O2S2. The first kappa shape index (κ1) is 21.1. The number of hydrogen-bond donors (Lipinski definition) is 2. The Bertz CT molecular complexity index is 1510. The van der Waals surface area contributed by atoms with E-state index in [1.807, 2.05) is 22.0 Å². The molecule has 0 aliphatic carbocycles. The van der Waals surface area contributed by atoms with E-state index in [9.17, 15) is 9.59 Å². The summed E-state index contributed by atoms with van der Waals surface area (Å²) in [5, 5.41) is 8.79. The quantitative estimate of drug-likeness (QED) is 0.383. The summed E-state index contributed by atoms with van der Waals surface area (Å²) < 4.78 is 3.41. The van der Waals surface area contributed by atoms with E-state index in [0.29, 0.717) is 22.0 Å². The van der Waals surface area contributed by atoms with E-state index in [4.69, 9.17) is 0 Å². The van der Waals surface area contributed by atoms with Gasteiger partial charge in [-0.05, 0) is 36.8 Å². The van der Waals surface area contributed by atoms with Crippen LogP contribution in [0.2, 0.25) is 0 Å². The number of rotatable bonds is 6. The molecule has 5 aromatic heterocycles. The number of imidazole rings is 1. The lowest BCUT2D eigenvalue weighted by Gasteiger charge is -2.11. The van der Waals surface area contributed by atoms with Crippen molar-refractivity contribution in [2.75, 3.05) is 5.32 Å². The highest BCUT2D eigenvalue weighted by Crippen LogP contribution is 2.32. The van der Waals surface area contributed by atoms with Gasteiger partial charge in [0.15, 0.2) is 10.8 Å². The van der Waals surface area contributed by atoms with E-state index in [0.717, 1.165) is 16.1 Å². The molecule has 2 N–H and O–H groups in total. The summed E-state index contributed by atoms with van der Waals surface area (Å²) in [5.74, 6) is -0.248. The van der Waals surface area contributed by atoms with E-state index in [1.165, 1.54) is 26.8 Å². The van der Waals surface area contributed by atoms with Crippen molar-refractivity contribution in [2.24, 2.45) is 7.05 Å². The molecule has 0 saturated carbocycles. The van der Waals surface area contributed by atoms with Crippen LogP contribution in [0, 0.1) is 6.92 Å². The Morgan fingerprint density at radius 3 is 2.79 bits per heavy atom. The second kappa shape index (κ2) is 8.64. The summed E-state index contributed by atoms with van der Waals surface area (Å²) >= 11 is 3.14. The predicted octanol–water partition coefficient (Wildman–Crippen LogP) is 4.20. The minimum Gasteiger partial charge on any atom is -0.348 e. The van der Waals surface area contributed by atoms with Crippen LogP contribution in [0.1, 0.15) is 20.8 Å². The highest BCUT2D eigenvalue weighted by molar-refractivity contribution is 7.15. The molecule has 1 amide bonds. The van der Waals surface area contributed by atoms with Gasteiger partial charge >= 0.3 is 0 Å². The van der Waals surface area contributed by atoms with Crippen LogP contribution < -0.4 is 16.2 Å². The molecule has 0 aromatic carbocycles. The smallest absolute Gasteiger partial charge is 0.253 e. The maximum atomic E-state index is 13.1. The van der Waals surface area contributed by atoms with Gasteiger partial charge in [-0.3, -0.25) is 14.0 Å². The second-order valence-corrected chi connectivity index (χ2v) is 9.70. The van der Waals surface area contributed by atoms with Crippen LogP contribution in [0.5, 0.6) is 0 Å². The van der Waals surface area contributed by atoms with Crippen molar-refractivity contribution >= 4 is 45.0 Å². The Morgan fingerprint density at radius 2 is 2.06 bits per heavy atom. The Hall–Kier alpha value is -3.76. The summed E-state index contributed by atoms with van der Waals surface area (Å²) in [5.41, 5.74) is 3.39. The first-order valence-electron chi connectivity index (χ1n) is 10.2. The van der Waals surface area contributed by atoms with Crippen LogP contribution in [0.15, 0.2) is 65.3 Å². The lowest BCUT2D eigenvalue weighted by atomic mass is 10.2. The van der Waals surface area contributed by atoms with Gasteiger partial charge in [0.25, 0.3) is 11.5 Å². The summed E-state index contributed by atoms with van der Waals surface area (Å²) in [6.07, 6.45) is 7.01. The average Bonchev–Trinajstić information content (AvgIpc) is 3.55. The summed E-state index contributed by atoms with van der Waals surface area (Å²) in [6, 6.07) is 9.22. The molecule has 0 radical (unpaired) electrons. The normalized spacial score (nSPS) is 11.1. The molecule has 5 aromatic rings. The van der Waals surface area contributed by atoms with Crippen LogP contribution in [0.4, 0.5) is 10.8 Å². The molecular weight excluding hydrogens is 456 g/mol. The molecule has 33 heavy (non-hydrogen) atoms. The molecule has 0 bridgehead atoms. The highest BCUT2D eigenvalue weighted by atomic mass is 32.1. The van der Waals surface area contributed by atoms with Crippen molar-refractivity contribution in [1.29, 1.82) is 0 Å². The Balaban J connectivity index is 1.52. The van der Waals surface area contributed by atoms with Crippen LogP contribution in [0.3, 0.4) is 0 Å². The van der Waals surface area contributed by atoms with Crippen LogP contribution >= 0.6 is 22.7 Å². The number of carbonyl (C=O) groups is 1. The van der Waals surface area contributed by atoms with E-state index >= 15 is 0 Å². The minimum absolute atomic E-state index is 0.118. The van der Waals surface area contributed by atoms with Crippen molar-refractivity contribution in [3.05, 3.63) is 86.9 Å². The summed E-state index contributed by atoms with van der Waals surface area (Å²) in [7, 11) is 1.69. The molecule has 0 saturated heterocycles. The van der Waals surface area contributed by atoms with Crippen molar-refractivity contribution < 1.29 is 4.79 Å². The fourth-order valence-electron chi connectivity index (χ4n) is 3.44. The van der Waals surface area contributed by atoms with E-state index in [2.05, 4.69) is 39.7 Å². The Labute approximate surface area is 197 Å². The van der Waals surface area contributed by atoms with Gasteiger partial charge in [-0.1, -0.05) is 0 Å². The van der Waals surface area contributed by atoms with Gasteiger partial charge in [-0.15, -0.1) is 22.7 Å².